The topological polar surface area (TPSA) is 26.3 Å². The minimum Gasteiger partial charge on any atom is -0.458 e. The van der Waals surface area contributed by atoms with E-state index in [1.807, 2.05) is 6.07 Å². The van der Waals surface area contributed by atoms with Gasteiger partial charge in [-0.25, -0.2) is 4.79 Å². The van der Waals surface area contributed by atoms with Gasteiger partial charge in [0.1, 0.15) is 6.10 Å². The summed E-state index contributed by atoms with van der Waals surface area (Å²) >= 11 is 8.34. The lowest BCUT2D eigenvalue weighted by atomic mass is 9.70. The molecule has 2 fully saturated rings. The van der Waals surface area contributed by atoms with Crippen molar-refractivity contribution in [2.45, 2.75) is 46.1 Å². The van der Waals surface area contributed by atoms with Crippen LogP contribution in [0, 0.1) is 16.7 Å². The molecule has 1 heterocycles. The fourth-order valence-corrected chi connectivity index (χ4v) is 6.75. The highest BCUT2D eigenvalue weighted by Crippen LogP contribution is 2.66. The van der Waals surface area contributed by atoms with E-state index in [0.717, 1.165) is 20.4 Å². The molecule has 2 bridgehead atoms. The van der Waals surface area contributed by atoms with Crippen molar-refractivity contribution in [1.29, 1.82) is 0 Å². The van der Waals surface area contributed by atoms with Crippen LogP contribution in [-0.4, -0.2) is 12.1 Å². The van der Waals surface area contributed by atoms with Crippen LogP contribution >= 0.6 is 43.2 Å². The molecule has 0 amide bonds. The van der Waals surface area contributed by atoms with Crippen molar-refractivity contribution in [3.05, 3.63) is 19.2 Å². The molecule has 20 heavy (non-hydrogen) atoms. The van der Waals surface area contributed by atoms with E-state index in [4.69, 9.17) is 4.74 Å². The molecule has 2 saturated carbocycles. The van der Waals surface area contributed by atoms with Gasteiger partial charge in [-0.3, -0.25) is 0 Å². The summed E-state index contributed by atoms with van der Waals surface area (Å²) in [5, 5.41) is 0. The highest BCUT2D eigenvalue weighted by atomic mass is 79.9. The van der Waals surface area contributed by atoms with Gasteiger partial charge < -0.3 is 4.74 Å². The Kier molecular flexibility index (Phi) is 3.62. The molecule has 5 heteroatoms. The molecule has 0 saturated heterocycles. The first kappa shape index (κ1) is 15.0. The minimum absolute atomic E-state index is 0.0503. The number of rotatable bonds is 2. The summed E-state index contributed by atoms with van der Waals surface area (Å²) in [6.07, 6.45) is 3.50. The predicted molar refractivity (Wildman–Crippen MR) is 88.2 cm³/mol. The van der Waals surface area contributed by atoms with Crippen molar-refractivity contribution in [2.75, 3.05) is 0 Å². The van der Waals surface area contributed by atoms with Gasteiger partial charge >= 0.3 is 5.97 Å². The van der Waals surface area contributed by atoms with Crippen molar-refractivity contribution in [1.82, 2.24) is 0 Å². The second-order valence-corrected chi connectivity index (χ2v) is 10.5. The monoisotopic (exact) mass is 420 g/mol. The fraction of sp³-hybridized carbons (Fsp3) is 0.667. The SMILES string of the molecule is CC1(C)C2CCC1(C)C(OC(=O)c1cc(Br)sc1Br)C2. The van der Waals surface area contributed by atoms with Crippen molar-refractivity contribution in [3.63, 3.8) is 0 Å². The Labute approximate surface area is 140 Å². The van der Waals surface area contributed by atoms with E-state index in [0.29, 0.717) is 11.5 Å². The maximum atomic E-state index is 12.4. The van der Waals surface area contributed by atoms with Gasteiger partial charge in [-0.1, -0.05) is 20.8 Å². The average Bonchev–Trinajstić information content (AvgIpc) is 2.86. The standard InChI is InChI=1S/C15H18Br2O2S/c1-14(2)8-4-5-15(14,3)10(6-8)19-13(18)9-7-11(16)20-12(9)17/h7-8,10H,4-6H2,1-3H3. The molecule has 0 N–H and O–H groups in total. The zero-order valence-electron chi connectivity index (χ0n) is 11.8. The quantitative estimate of drug-likeness (QED) is 0.577. The maximum absolute atomic E-state index is 12.4. The normalized spacial score (nSPS) is 34.5. The molecule has 1 aromatic heterocycles. The molecule has 0 aliphatic heterocycles. The number of carbonyl (C=O) groups is 1. The van der Waals surface area contributed by atoms with Gasteiger partial charge in [0, 0.05) is 5.41 Å². The third-order valence-corrected chi connectivity index (χ3v) is 8.18. The second kappa shape index (κ2) is 4.82. The molecule has 110 valence electrons. The Hall–Kier alpha value is 0.130. The largest absolute Gasteiger partial charge is 0.458 e. The summed E-state index contributed by atoms with van der Waals surface area (Å²) in [5.74, 6) is 0.483. The number of carbonyl (C=O) groups excluding carboxylic acids is 1. The smallest absolute Gasteiger partial charge is 0.340 e. The number of fused-ring (bicyclic) bond motifs is 2. The van der Waals surface area contributed by atoms with Crippen LogP contribution in [0.25, 0.3) is 0 Å². The minimum atomic E-state index is -0.201. The molecule has 3 rings (SSSR count). The van der Waals surface area contributed by atoms with Crippen LogP contribution in [0.2, 0.25) is 0 Å². The van der Waals surface area contributed by atoms with Crippen LogP contribution in [0.5, 0.6) is 0 Å². The highest BCUT2D eigenvalue weighted by Gasteiger charge is 2.62. The number of hydrogen-bond acceptors (Lipinski definition) is 3. The fourth-order valence-electron chi connectivity index (χ4n) is 3.98. The van der Waals surface area contributed by atoms with Gasteiger partial charge in [0.15, 0.2) is 0 Å². The summed E-state index contributed by atoms with van der Waals surface area (Å²) < 4.78 is 7.66. The third-order valence-electron chi connectivity index (χ3n) is 5.84. The first-order chi connectivity index (χ1) is 9.25. The number of esters is 1. The van der Waals surface area contributed by atoms with Gasteiger partial charge in [0.25, 0.3) is 0 Å². The van der Waals surface area contributed by atoms with Gasteiger partial charge in [0.2, 0.25) is 0 Å². The number of ether oxygens (including phenoxy) is 1. The van der Waals surface area contributed by atoms with Gasteiger partial charge in [-0.05, 0) is 68.5 Å². The van der Waals surface area contributed by atoms with E-state index in [1.54, 1.807) is 0 Å². The van der Waals surface area contributed by atoms with E-state index in [1.165, 1.54) is 17.8 Å². The molecule has 0 spiro atoms. The molecular formula is C15H18Br2O2S. The summed E-state index contributed by atoms with van der Waals surface area (Å²) in [6, 6.07) is 1.83. The van der Waals surface area contributed by atoms with Crippen molar-refractivity contribution in [3.8, 4) is 0 Å². The summed E-state index contributed by atoms with van der Waals surface area (Å²) in [4.78, 5) is 12.4. The first-order valence-corrected chi connectivity index (χ1v) is 9.32. The van der Waals surface area contributed by atoms with E-state index < -0.39 is 0 Å². The zero-order valence-corrected chi connectivity index (χ0v) is 15.8. The van der Waals surface area contributed by atoms with Gasteiger partial charge in [0.05, 0.1) is 13.1 Å². The molecule has 0 aromatic carbocycles. The average molecular weight is 422 g/mol. The number of thiophene rings is 1. The molecule has 2 nitrogen and oxygen atoms in total. The Bertz CT molecular complexity index is 566. The highest BCUT2D eigenvalue weighted by molar-refractivity contribution is 9.12. The number of halogens is 2. The van der Waals surface area contributed by atoms with Crippen LogP contribution in [0.1, 0.15) is 50.4 Å². The zero-order chi connectivity index (χ0) is 14.7. The Morgan fingerprint density at radius 1 is 1.40 bits per heavy atom. The number of hydrogen-bond donors (Lipinski definition) is 0. The predicted octanol–water partition coefficient (Wildman–Crippen LogP) is 5.64. The van der Waals surface area contributed by atoms with E-state index in [2.05, 4.69) is 52.6 Å². The Balaban J connectivity index is 1.80. The maximum Gasteiger partial charge on any atom is 0.340 e. The van der Waals surface area contributed by atoms with Crippen molar-refractivity contribution >= 4 is 49.2 Å². The van der Waals surface area contributed by atoms with Crippen molar-refractivity contribution < 1.29 is 9.53 Å². The van der Waals surface area contributed by atoms with Crippen LogP contribution in [0.15, 0.2) is 13.6 Å². The molecule has 2 aliphatic carbocycles. The van der Waals surface area contributed by atoms with Crippen LogP contribution in [-0.2, 0) is 4.74 Å². The molecule has 1 aromatic rings. The van der Waals surface area contributed by atoms with Crippen molar-refractivity contribution in [2.24, 2.45) is 16.7 Å². The summed E-state index contributed by atoms with van der Waals surface area (Å²) in [5.41, 5.74) is 1.02. The second-order valence-electron chi connectivity index (χ2n) is 6.74. The molecule has 3 atom stereocenters. The van der Waals surface area contributed by atoms with Crippen LogP contribution in [0.4, 0.5) is 0 Å². The lowest BCUT2D eigenvalue weighted by molar-refractivity contribution is -0.0242. The van der Waals surface area contributed by atoms with E-state index in [9.17, 15) is 4.79 Å². The third kappa shape index (κ3) is 2.03. The lowest BCUT2D eigenvalue weighted by Crippen LogP contribution is -2.38. The van der Waals surface area contributed by atoms with Gasteiger partial charge in [-0.15, -0.1) is 11.3 Å². The Morgan fingerprint density at radius 2 is 2.10 bits per heavy atom. The van der Waals surface area contributed by atoms with Crippen LogP contribution < -0.4 is 0 Å². The molecule has 2 aliphatic rings. The summed E-state index contributed by atoms with van der Waals surface area (Å²) in [7, 11) is 0. The van der Waals surface area contributed by atoms with Gasteiger partial charge in [-0.2, -0.15) is 0 Å². The van der Waals surface area contributed by atoms with E-state index in [-0.39, 0.29) is 22.9 Å². The van der Waals surface area contributed by atoms with Crippen LogP contribution in [0.3, 0.4) is 0 Å². The summed E-state index contributed by atoms with van der Waals surface area (Å²) in [6.45, 7) is 6.95. The lowest BCUT2D eigenvalue weighted by Gasteiger charge is -2.38. The molecule has 0 radical (unpaired) electrons. The molecule has 3 unspecified atom stereocenters. The van der Waals surface area contributed by atoms with E-state index >= 15 is 0 Å². The molecular weight excluding hydrogens is 404 g/mol. The Morgan fingerprint density at radius 3 is 2.55 bits per heavy atom. The first-order valence-electron chi connectivity index (χ1n) is 6.91.